The minimum Gasteiger partial charge on any atom is -0.467 e. The first kappa shape index (κ1) is 36.9. The lowest BCUT2D eigenvalue weighted by Gasteiger charge is -2.36. The van der Waals surface area contributed by atoms with E-state index in [-0.39, 0.29) is 26.1 Å². The smallest absolute Gasteiger partial charge is 0.337 e. The second-order valence-corrected chi connectivity index (χ2v) is 10.7. The molecule has 0 aliphatic heterocycles. The quantitative estimate of drug-likeness (QED) is 0.0594. The Labute approximate surface area is 260 Å². The normalized spacial score (nSPS) is 13.9. The molecule has 3 atom stereocenters. The van der Waals surface area contributed by atoms with E-state index in [1.807, 2.05) is 48.5 Å². The molecule has 0 aliphatic carbocycles. The summed E-state index contributed by atoms with van der Waals surface area (Å²) in [6.07, 6.45) is 3.32. The molecule has 2 aromatic carbocycles. The molecule has 0 heterocycles. The van der Waals surface area contributed by atoms with Crippen molar-refractivity contribution < 1.29 is 33.6 Å². The summed E-state index contributed by atoms with van der Waals surface area (Å²) in [5.41, 5.74) is 15.7. The predicted octanol–water partition coefficient (Wildman–Crippen LogP) is 3.09. The third-order valence-electron chi connectivity index (χ3n) is 7.31. The van der Waals surface area contributed by atoms with Gasteiger partial charge in [-0.25, -0.2) is 4.79 Å². The zero-order valence-electron chi connectivity index (χ0n) is 25.9. The Balaban J connectivity index is 2.46. The van der Waals surface area contributed by atoms with Gasteiger partial charge in [0.15, 0.2) is 11.6 Å². The lowest BCUT2D eigenvalue weighted by atomic mass is 9.72. The number of Topliss-reactive ketones (excluding diaryl/α,β-unsaturated/α-hetero) is 3. The number of benzene rings is 2. The summed E-state index contributed by atoms with van der Waals surface area (Å²) in [6.45, 7) is 2.53. The first-order valence-electron chi connectivity index (χ1n) is 15.2. The summed E-state index contributed by atoms with van der Waals surface area (Å²) in [5.74, 6) is -4.81. The van der Waals surface area contributed by atoms with Crippen molar-refractivity contribution >= 4 is 23.3 Å². The van der Waals surface area contributed by atoms with E-state index in [0.717, 1.165) is 18.2 Å². The van der Waals surface area contributed by atoms with Crippen LogP contribution in [0.2, 0.25) is 0 Å². The van der Waals surface area contributed by atoms with E-state index < -0.39 is 40.8 Å². The van der Waals surface area contributed by atoms with Gasteiger partial charge in [0, 0.05) is 12.8 Å². The van der Waals surface area contributed by atoms with Gasteiger partial charge in [-0.15, -0.1) is 0 Å². The van der Waals surface area contributed by atoms with E-state index in [1.165, 1.54) is 6.92 Å². The van der Waals surface area contributed by atoms with Gasteiger partial charge in [-0.3, -0.25) is 24.1 Å². The average Bonchev–Trinajstić information content (AvgIpc) is 3.04. The Bertz CT molecular complexity index is 1150. The molecule has 2 aromatic rings. The summed E-state index contributed by atoms with van der Waals surface area (Å²) in [7, 11) is 1.11. The van der Waals surface area contributed by atoms with Gasteiger partial charge in [0.1, 0.15) is 11.7 Å². The maximum atomic E-state index is 14.1. The van der Waals surface area contributed by atoms with Crippen LogP contribution < -0.4 is 22.4 Å². The lowest BCUT2D eigenvalue weighted by molar-refractivity contribution is -0.174. The fourth-order valence-electron chi connectivity index (χ4n) is 4.83. The maximum Gasteiger partial charge on any atom is 0.337 e. The van der Waals surface area contributed by atoms with Crippen LogP contribution in [0.5, 0.6) is 0 Å². The van der Waals surface area contributed by atoms with Crippen molar-refractivity contribution in [1.29, 1.82) is 0 Å². The highest BCUT2D eigenvalue weighted by Gasteiger charge is 2.59. The van der Waals surface area contributed by atoms with Gasteiger partial charge in [-0.2, -0.15) is 11.0 Å². The van der Waals surface area contributed by atoms with Gasteiger partial charge in [0.2, 0.25) is 5.54 Å². The van der Waals surface area contributed by atoms with Crippen LogP contribution >= 0.6 is 0 Å². The fraction of sp³-hybridized carbons (Fsp3) is 0.515. The van der Waals surface area contributed by atoms with Crippen LogP contribution in [0.1, 0.15) is 69.4 Å². The monoisotopic (exact) mass is 612 g/mol. The van der Waals surface area contributed by atoms with Crippen LogP contribution in [0.4, 0.5) is 0 Å². The summed E-state index contributed by atoms with van der Waals surface area (Å²) in [4.78, 5) is 67.1. The molecule has 242 valence electrons. The van der Waals surface area contributed by atoms with Gasteiger partial charge in [-0.05, 0) is 56.8 Å². The van der Waals surface area contributed by atoms with E-state index in [0.29, 0.717) is 51.6 Å². The highest BCUT2D eigenvalue weighted by atomic mass is 16.7. The second kappa shape index (κ2) is 20.6. The highest BCUT2D eigenvalue weighted by Crippen LogP contribution is 2.29. The number of ether oxygens (including phenoxy) is 1. The molecule has 11 heteroatoms. The zero-order valence-corrected chi connectivity index (χ0v) is 25.9. The third kappa shape index (κ3) is 11.3. The number of carbonyl (C=O) groups is 4. The number of carbonyl (C=O) groups excluding carboxylic acids is 4. The topological polar surface area (TPSA) is 172 Å². The molecule has 3 unspecified atom stereocenters. The standard InChI is InChI=1S/C33H48N4O7/c1-25(36-43-23-26-15-7-3-8-16-26)31(40)30(28(38)19-11-5-13-21-34)33(32(41)42-2,29(39)20-12-6-14-22-35)37-44-24-27-17-9-4-10-18-27/h3-4,7-10,15-18,25,30,36-37H,5-6,11-14,19-24,34-35H2,1-2H3. The minimum absolute atomic E-state index is 0.0420. The van der Waals surface area contributed by atoms with Crippen molar-refractivity contribution in [3.63, 3.8) is 0 Å². The summed E-state index contributed by atoms with van der Waals surface area (Å²) in [6, 6.07) is 17.3. The van der Waals surface area contributed by atoms with E-state index >= 15 is 0 Å². The molecule has 2 rings (SSSR count). The maximum absolute atomic E-state index is 14.1. The fourth-order valence-corrected chi connectivity index (χ4v) is 4.83. The number of hydrogen-bond acceptors (Lipinski definition) is 11. The van der Waals surface area contributed by atoms with Crippen molar-refractivity contribution in [2.24, 2.45) is 17.4 Å². The first-order chi connectivity index (χ1) is 21.3. The molecule has 0 spiro atoms. The second-order valence-electron chi connectivity index (χ2n) is 10.7. The molecule has 11 nitrogen and oxygen atoms in total. The Morgan fingerprint density at radius 3 is 1.80 bits per heavy atom. The number of nitrogens with two attached hydrogens (primary N) is 2. The minimum atomic E-state index is -2.43. The van der Waals surface area contributed by atoms with Gasteiger partial charge >= 0.3 is 5.97 Å². The number of hydroxylamine groups is 2. The van der Waals surface area contributed by atoms with Crippen molar-refractivity contribution in [2.45, 2.75) is 83.1 Å². The highest BCUT2D eigenvalue weighted by molar-refractivity contribution is 6.20. The lowest BCUT2D eigenvalue weighted by Crippen LogP contribution is -2.68. The van der Waals surface area contributed by atoms with E-state index in [4.69, 9.17) is 25.9 Å². The number of rotatable bonds is 24. The van der Waals surface area contributed by atoms with Gasteiger partial charge in [0.05, 0.1) is 26.4 Å². The van der Waals surface area contributed by atoms with Gasteiger partial charge in [-0.1, -0.05) is 73.5 Å². The molecule has 0 aliphatic rings. The van der Waals surface area contributed by atoms with Crippen LogP contribution in [0.25, 0.3) is 0 Å². The molecular weight excluding hydrogens is 564 g/mol. The molecule has 0 amide bonds. The molecular formula is C33H48N4O7. The number of esters is 1. The SMILES string of the molecule is COC(=O)C(NOCc1ccccc1)(C(=O)CCCCCN)C(C(=O)CCCCCN)C(=O)C(C)NOCc1ccccc1. The van der Waals surface area contributed by atoms with Crippen molar-refractivity contribution in [2.75, 3.05) is 20.2 Å². The average molecular weight is 613 g/mol. The largest absolute Gasteiger partial charge is 0.467 e. The van der Waals surface area contributed by atoms with E-state index in [9.17, 15) is 19.2 Å². The molecule has 0 aromatic heterocycles. The van der Waals surface area contributed by atoms with Crippen LogP contribution in [-0.4, -0.2) is 55.1 Å². The molecule has 0 saturated heterocycles. The molecule has 0 radical (unpaired) electrons. The number of ketones is 3. The number of methoxy groups -OCH3 is 1. The molecule has 44 heavy (non-hydrogen) atoms. The van der Waals surface area contributed by atoms with Crippen molar-refractivity contribution in [3.8, 4) is 0 Å². The molecule has 0 bridgehead atoms. The molecule has 0 saturated carbocycles. The molecule has 0 fully saturated rings. The van der Waals surface area contributed by atoms with Gasteiger partial charge in [0.25, 0.3) is 0 Å². The van der Waals surface area contributed by atoms with Crippen molar-refractivity contribution in [1.82, 2.24) is 11.0 Å². The Hall–Kier alpha value is -3.32. The predicted molar refractivity (Wildman–Crippen MR) is 166 cm³/mol. The summed E-state index contributed by atoms with van der Waals surface area (Å²) < 4.78 is 5.12. The van der Waals surface area contributed by atoms with Crippen LogP contribution in [0, 0.1) is 5.92 Å². The van der Waals surface area contributed by atoms with Crippen molar-refractivity contribution in [3.05, 3.63) is 71.8 Å². The number of hydrogen-bond donors (Lipinski definition) is 4. The zero-order chi connectivity index (χ0) is 32.2. The third-order valence-corrected chi connectivity index (χ3v) is 7.31. The van der Waals surface area contributed by atoms with Gasteiger partial charge < -0.3 is 16.2 Å². The van der Waals surface area contributed by atoms with Crippen LogP contribution in [0.15, 0.2) is 60.7 Å². The van der Waals surface area contributed by atoms with E-state index in [1.54, 1.807) is 12.1 Å². The Kier molecular flexibility index (Phi) is 17.3. The van der Waals surface area contributed by atoms with E-state index in [2.05, 4.69) is 11.0 Å². The summed E-state index contributed by atoms with van der Waals surface area (Å²) >= 11 is 0. The summed E-state index contributed by atoms with van der Waals surface area (Å²) in [5, 5.41) is 0. The Morgan fingerprint density at radius 2 is 1.27 bits per heavy atom. The first-order valence-corrected chi connectivity index (χ1v) is 15.2. The molecule has 6 N–H and O–H groups in total. The van der Waals surface area contributed by atoms with Crippen LogP contribution in [0.3, 0.4) is 0 Å². The number of unbranched alkanes of at least 4 members (excludes halogenated alkanes) is 4. The number of nitrogens with one attached hydrogen (secondary N) is 2. The Morgan fingerprint density at radius 1 is 0.750 bits per heavy atom. The van der Waals surface area contributed by atoms with Crippen LogP contribution in [-0.2, 0) is 46.8 Å².